The third-order valence-corrected chi connectivity index (χ3v) is 8.60. The van der Waals surface area contributed by atoms with Crippen LogP contribution in [0, 0.1) is 45.3 Å². The van der Waals surface area contributed by atoms with E-state index in [0.717, 1.165) is 41.1 Å². The van der Waals surface area contributed by atoms with Crippen LogP contribution in [-0.2, 0) is 0 Å². The number of allylic oxidation sites excluding steroid dienone is 2. The Morgan fingerprint density at radius 2 is 1.03 bits per heavy atom. The lowest BCUT2D eigenvalue weighted by Crippen LogP contribution is -1.99. The molecule has 5 aromatic heterocycles. The minimum absolute atomic E-state index is 0.0515. The van der Waals surface area contributed by atoms with Crippen LogP contribution in [0.2, 0.25) is 0 Å². The van der Waals surface area contributed by atoms with Crippen LogP contribution < -0.4 is 0 Å². The fourth-order valence-electron chi connectivity index (χ4n) is 4.79. The molecule has 36 heavy (non-hydrogen) atoms. The second-order valence-corrected chi connectivity index (χ2v) is 10.0. The van der Waals surface area contributed by atoms with Crippen LogP contribution in [0.1, 0.15) is 21.1 Å². The highest BCUT2D eigenvalue weighted by Crippen LogP contribution is 2.56. The third-order valence-electron chi connectivity index (χ3n) is 6.22. The van der Waals surface area contributed by atoms with Crippen molar-refractivity contribution in [2.24, 2.45) is 0 Å². The smallest absolute Gasteiger partial charge is 0.140 e. The Morgan fingerprint density at radius 3 is 1.42 bits per heavy atom. The molecule has 0 saturated carbocycles. The van der Waals surface area contributed by atoms with Gasteiger partial charge in [0.15, 0.2) is 0 Å². The zero-order valence-corrected chi connectivity index (χ0v) is 19.5. The van der Waals surface area contributed by atoms with E-state index in [0.29, 0.717) is 33.9 Å². The summed E-state index contributed by atoms with van der Waals surface area (Å²) >= 11 is 2.90. The molecule has 2 aliphatic rings. The fraction of sp³-hybridized carbons (Fsp3) is 0. The standard InChI is InChI=1S/C26H6N8S2/c27-5-11(6-28)17-21-23(19-13-9-31-3-1-15(13)35-25(17)19)33-22-18(12(7-29)8-30)26-20(24(22)34-21)14-10-32-4-2-16(14)36-26/h1-4,9-10H. The number of hydrogen-bond acceptors (Lipinski definition) is 10. The van der Waals surface area contributed by atoms with Crippen LogP contribution in [0.3, 0.4) is 0 Å². The Morgan fingerprint density at radius 1 is 0.611 bits per heavy atom. The van der Waals surface area contributed by atoms with Gasteiger partial charge in [-0.2, -0.15) is 21.0 Å². The van der Waals surface area contributed by atoms with Gasteiger partial charge >= 0.3 is 0 Å². The molecule has 0 N–H and O–H groups in total. The van der Waals surface area contributed by atoms with Crippen LogP contribution in [-0.4, -0.2) is 19.9 Å². The van der Waals surface area contributed by atoms with E-state index >= 15 is 0 Å². The topological polar surface area (TPSA) is 147 Å². The molecule has 0 radical (unpaired) electrons. The summed E-state index contributed by atoms with van der Waals surface area (Å²) in [6, 6.07) is 11.8. The number of thiophene rings is 2. The Kier molecular flexibility index (Phi) is 3.98. The highest BCUT2D eigenvalue weighted by Gasteiger charge is 2.39. The monoisotopic (exact) mass is 494 g/mol. The number of pyridine rings is 2. The number of nitrogens with zero attached hydrogens (tertiary/aromatic N) is 8. The first-order valence-electron chi connectivity index (χ1n) is 10.5. The van der Waals surface area contributed by atoms with Gasteiger partial charge in [0.05, 0.1) is 11.4 Å². The third kappa shape index (κ3) is 2.36. The minimum Gasteiger partial charge on any atom is -0.264 e. The second-order valence-electron chi connectivity index (χ2n) is 7.92. The summed E-state index contributed by atoms with van der Waals surface area (Å²) in [6.07, 6.45) is 6.83. The van der Waals surface area contributed by atoms with Crippen molar-refractivity contribution in [3.63, 3.8) is 0 Å². The maximum Gasteiger partial charge on any atom is 0.140 e. The Balaban J connectivity index is 1.67. The minimum atomic E-state index is -0.0515. The van der Waals surface area contributed by atoms with E-state index in [2.05, 4.69) is 9.97 Å². The van der Waals surface area contributed by atoms with Gasteiger partial charge in [-0.1, -0.05) is 0 Å². The van der Waals surface area contributed by atoms with Crippen LogP contribution in [0.25, 0.3) is 53.8 Å². The quantitative estimate of drug-likeness (QED) is 0.256. The summed E-state index contributed by atoms with van der Waals surface area (Å²) in [7, 11) is 0. The van der Waals surface area contributed by atoms with Crippen LogP contribution in [0.15, 0.2) is 48.1 Å². The first-order valence-corrected chi connectivity index (χ1v) is 12.1. The van der Waals surface area contributed by atoms with Gasteiger partial charge in [-0.3, -0.25) is 9.97 Å². The molecule has 162 valence electrons. The highest BCUT2D eigenvalue weighted by molar-refractivity contribution is 7.21. The zero-order valence-electron chi connectivity index (χ0n) is 17.9. The molecule has 0 bridgehead atoms. The van der Waals surface area contributed by atoms with E-state index in [-0.39, 0.29) is 11.1 Å². The maximum atomic E-state index is 9.78. The van der Waals surface area contributed by atoms with Gasteiger partial charge in [-0.05, 0) is 12.1 Å². The summed E-state index contributed by atoms with van der Waals surface area (Å²) in [5.74, 6) is 0. The van der Waals surface area contributed by atoms with Crippen molar-refractivity contribution in [2.75, 3.05) is 0 Å². The SMILES string of the molecule is N#CC(C#N)=C1c2nc3c(nc2-c2c1sc1ccncc21)C(=C(C#N)C#N)c1sc2ccncc2c1-3. The molecule has 0 saturated heterocycles. The number of aromatic nitrogens is 4. The van der Waals surface area contributed by atoms with E-state index in [4.69, 9.17) is 9.97 Å². The molecule has 0 spiro atoms. The Labute approximate surface area is 210 Å². The molecule has 10 heteroatoms. The average molecular weight is 495 g/mol. The van der Waals surface area contributed by atoms with Crippen molar-refractivity contribution in [1.29, 1.82) is 21.0 Å². The van der Waals surface area contributed by atoms with Gasteiger partial charge in [-0.25, -0.2) is 9.97 Å². The normalized spacial score (nSPS) is 12.2. The molecule has 0 atom stereocenters. The average Bonchev–Trinajstić information content (AvgIpc) is 3.62. The van der Waals surface area contributed by atoms with E-state index in [9.17, 15) is 21.0 Å². The largest absolute Gasteiger partial charge is 0.264 e. The predicted octanol–water partition coefficient (Wildman–Crippen LogP) is 5.35. The van der Waals surface area contributed by atoms with Gasteiger partial charge in [0.25, 0.3) is 0 Å². The molecule has 0 aliphatic heterocycles. The zero-order chi connectivity index (χ0) is 24.6. The van der Waals surface area contributed by atoms with Gasteiger partial charge in [-0.15, -0.1) is 22.7 Å². The van der Waals surface area contributed by atoms with Gasteiger partial charge in [0.2, 0.25) is 0 Å². The summed E-state index contributed by atoms with van der Waals surface area (Å²) in [6.45, 7) is 0. The molecule has 5 aromatic rings. The number of hydrogen-bond donors (Lipinski definition) is 0. The van der Waals surface area contributed by atoms with E-state index in [1.807, 2.05) is 36.4 Å². The van der Waals surface area contributed by atoms with Crippen molar-refractivity contribution >= 4 is 54.0 Å². The molecule has 7 rings (SSSR count). The van der Waals surface area contributed by atoms with E-state index in [1.54, 1.807) is 24.8 Å². The lowest BCUT2D eigenvalue weighted by Gasteiger charge is -2.08. The first-order chi connectivity index (χ1) is 17.7. The maximum absolute atomic E-state index is 9.78. The Bertz CT molecular complexity index is 1910. The number of rotatable bonds is 0. The number of fused-ring (bicyclic) bond motifs is 10. The molecule has 2 aliphatic carbocycles. The van der Waals surface area contributed by atoms with Gasteiger partial charge < -0.3 is 0 Å². The molecule has 0 unspecified atom stereocenters. The summed E-state index contributed by atoms with van der Waals surface area (Å²) in [5, 5.41) is 40.8. The lowest BCUT2D eigenvalue weighted by molar-refractivity contribution is 1.18. The molecular formula is C26H6N8S2. The summed E-state index contributed by atoms with van der Waals surface area (Å²) < 4.78 is 1.88. The van der Waals surface area contributed by atoms with Crippen molar-refractivity contribution in [3.05, 3.63) is 69.2 Å². The molecule has 5 heterocycles. The molecular weight excluding hydrogens is 488 g/mol. The summed E-state index contributed by atoms with van der Waals surface area (Å²) in [4.78, 5) is 19.9. The number of nitriles is 4. The molecule has 0 fully saturated rings. The first kappa shape index (κ1) is 20.1. The van der Waals surface area contributed by atoms with E-state index < -0.39 is 0 Å². The molecule has 8 nitrogen and oxygen atoms in total. The predicted molar refractivity (Wildman–Crippen MR) is 134 cm³/mol. The van der Waals surface area contributed by atoms with Crippen molar-refractivity contribution < 1.29 is 0 Å². The highest BCUT2D eigenvalue weighted by atomic mass is 32.1. The van der Waals surface area contributed by atoms with Crippen molar-refractivity contribution in [1.82, 2.24) is 19.9 Å². The molecule has 0 amide bonds. The van der Waals surface area contributed by atoms with Crippen LogP contribution >= 0.6 is 22.7 Å². The van der Waals surface area contributed by atoms with Gasteiger partial charge in [0.1, 0.15) is 46.8 Å². The fourth-order valence-corrected chi connectivity index (χ4v) is 7.24. The second kappa shape index (κ2) is 7.12. The van der Waals surface area contributed by atoms with E-state index in [1.165, 1.54) is 22.7 Å². The van der Waals surface area contributed by atoms with Crippen molar-refractivity contribution in [3.8, 4) is 46.8 Å². The van der Waals surface area contributed by atoms with Crippen molar-refractivity contribution in [2.45, 2.75) is 0 Å². The lowest BCUT2D eigenvalue weighted by atomic mass is 10.1. The van der Waals surface area contributed by atoms with Gasteiger partial charge in [0, 0.05) is 77.0 Å². The van der Waals surface area contributed by atoms with Crippen LogP contribution in [0.5, 0.6) is 0 Å². The Hall–Kier alpha value is -5.26. The summed E-state index contributed by atoms with van der Waals surface area (Å²) in [5.41, 5.74) is 4.17. The molecule has 0 aromatic carbocycles. The van der Waals surface area contributed by atoms with Crippen LogP contribution in [0.4, 0.5) is 0 Å².